The average molecular weight is 669 g/mol. The van der Waals surface area contributed by atoms with Crippen LogP contribution in [-0.2, 0) is 33.4 Å². The topological polar surface area (TPSA) is 123 Å². The van der Waals surface area contributed by atoms with Crippen LogP contribution in [0.4, 0.5) is 0 Å². The van der Waals surface area contributed by atoms with Gasteiger partial charge in [-0.15, -0.1) is 0 Å². The van der Waals surface area contributed by atoms with Gasteiger partial charge in [-0.05, 0) is 66.6 Å². The van der Waals surface area contributed by atoms with Crippen LogP contribution < -0.4 is 0 Å². The van der Waals surface area contributed by atoms with E-state index in [4.69, 9.17) is 14.2 Å². The summed E-state index contributed by atoms with van der Waals surface area (Å²) in [5.74, 6) is -1.47. The van der Waals surface area contributed by atoms with Crippen LogP contribution in [0.1, 0.15) is 149 Å². The highest BCUT2D eigenvalue weighted by Crippen LogP contribution is 2.25. The zero-order valence-corrected chi connectivity index (χ0v) is 30.5. The Bertz CT molecular complexity index is 878. The van der Waals surface area contributed by atoms with Crippen molar-refractivity contribution in [3.8, 4) is 0 Å². The van der Waals surface area contributed by atoms with Crippen LogP contribution >= 0.6 is 0 Å². The summed E-state index contributed by atoms with van der Waals surface area (Å²) in [5, 5.41) is 9.25. The number of carboxylic acids is 1. The van der Waals surface area contributed by atoms with Crippen molar-refractivity contribution in [2.75, 3.05) is 46.9 Å². The molecule has 0 spiro atoms. The summed E-state index contributed by atoms with van der Waals surface area (Å²) in [5.41, 5.74) is -0.722. The second-order valence-corrected chi connectivity index (χ2v) is 14.3. The highest BCUT2D eigenvalue weighted by atomic mass is 16.6. The maximum atomic E-state index is 13.1. The number of likely N-dealkylation sites (tertiary alicyclic amines) is 1. The Morgan fingerprint density at radius 1 is 0.745 bits per heavy atom. The lowest BCUT2D eigenvalue weighted by atomic mass is 9.87. The molecule has 0 aromatic carbocycles. The second kappa shape index (κ2) is 25.8. The van der Waals surface area contributed by atoms with Gasteiger partial charge in [0.05, 0.1) is 25.0 Å². The molecule has 0 aromatic heterocycles. The first kappa shape index (κ1) is 42.8. The summed E-state index contributed by atoms with van der Waals surface area (Å²) in [6.07, 6.45) is 18.2. The molecule has 1 unspecified atom stereocenters. The standard InChI is InChI=1S/C37H68N2O8/c1-6-7-8-9-10-11-12-14-20-27-45-33(40)22-17-16-19-25-39-30-31(47-34(41)23-26-38(4)5)29-32(39)35(42)46-28-21-15-13-18-24-37(2,3)36(43)44/h31-32H,6-30H2,1-5H3,(H,43,44)/t31?,32-/m0/s1. The number of nitrogens with zero attached hydrogens (tertiary/aromatic N) is 2. The number of rotatable bonds is 29. The minimum Gasteiger partial charge on any atom is -0.481 e. The molecule has 10 nitrogen and oxygen atoms in total. The molecule has 1 saturated heterocycles. The predicted octanol–water partition coefficient (Wildman–Crippen LogP) is 7.16. The van der Waals surface area contributed by atoms with E-state index in [1.54, 1.807) is 13.8 Å². The van der Waals surface area contributed by atoms with E-state index in [0.717, 1.165) is 57.8 Å². The summed E-state index contributed by atoms with van der Waals surface area (Å²) < 4.78 is 16.8. The van der Waals surface area contributed by atoms with Crippen molar-refractivity contribution in [3.05, 3.63) is 0 Å². The fourth-order valence-corrected chi connectivity index (χ4v) is 5.83. The normalized spacial score (nSPS) is 16.8. The van der Waals surface area contributed by atoms with Crippen molar-refractivity contribution in [3.63, 3.8) is 0 Å². The highest BCUT2D eigenvalue weighted by molar-refractivity contribution is 5.76. The largest absolute Gasteiger partial charge is 0.481 e. The monoisotopic (exact) mass is 668 g/mol. The van der Waals surface area contributed by atoms with Gasteiger partial charge in [-0.25, -0.2) is 0 Å². The number of aliphatic carboxylic acids is 1. The van der Waals surface area contributed by atoms with E-state index in [-0.39, 0.29) is 24.0 Å². The van der Waals surface area contributed by atoms with Crippen molar-refractivity contribution in [1.29, 1.82) is 0 Å². The molecule has 1 fully saturated rings. The average Bonchev–Trinajstić information content (AvgIpc) is 3.42. The van der Waals surface area contributed by atoms with Gasteiger partial charge in [-0.1, -0.05) is 84.0 Å². The Hall–Kier alpha value is -2.20. The number of carboxylic acid groups (broad SMARTS) is 1. The Morgan fingerprint density at radius 2 is 1.32 bits per heavy atom. The number of carbonyl (C=O) groups is 4. The fourth-order valence-electron chi connectivity index (χ4n) is 5.83. The third kappa shape index (κ3) is 21.4. The maximum absolute atomic E-state index is 13.1. The van der Waals surface area contributed by atoms with E-state index in [1.165, 1.54) is 44.9 Å². The summed E-state index contributed by atoms with van der Waals surface area (Å²) in [6.45, 7) is 8.31. The first-order valence-electron chi connectivity index (χ1n) is 18.6. The van der Waals surface area contributed by atoms with Gasteiger partial charge < -0.3 is 24.2 Å². The maximum Gasteiger partial charge on any atom is 0.323 e. The Labute approximate surface area is 285 Å². The van der Waals surface area contributed by atoms with Crippen molar-refractivity contribution in [1.82, 2.24) is 9.80 Å². The molecule has 0 bridgehead atoms. The van der Waals surface area contributed by atoms with Gasteiger partial charge in [0.2, 0.25) is 0 Å². The first-order chi connectivity index (χ1) is 22.5. The van der Waals surface area contributed by atoms with Crippen LogP contribution in [0.2, 0.25) is 0 Å². The molecule has 2 atom stereocenters. The van der Waals surface area contributed by atoms with E-state index < -0.39 is 17.4 Å². The molecule has 0 aliphatic carbocycles. The summed E-state index contributed by atoms with van der Waals surface area (Å²) in [4.78, 5) is 52.9. The molecule has 0 amide bonds. The third-order valence-corrected chi connectivity index (χ3v) is 9.05. The highest BCUT2D eigenvalue weighted by Gasteiger charge is 2.39. The molecule has 1 aliphatic rings. The van der Waals surface area contributed by atoms with E-state index in [1.807, 2.05) is 19.0 Å². The lowest BCUT2D eigenvalue weighted by Gasteiger charge is -2.22. The number of carbonyl (C=O) groups excluding carboxylic acids is 3. The molecule has 0 aromatic rings. The Kier molecular flexibility index (Phi) is 23.5. The Balaban J connectivity index is 2.36. The van der Waals surface area contributed by atoms with Crippen molar-refractivity contribution < 1.29 is 38.5 Å². The summed E-state index contributed by atoms with van der Waals surface area (Å²) in [6, 6.07) is -0.459. The smallest absolute Gasteiger partial charge is 0.323 e. The van der Waals surface area contributed by atoms with Crippen molar-refractivity contribution in [2.24, 2.45) is 5.41 Å². The van der Waals surface area contributed by atoms with Gasteiger partial charge >= 0.3 is 23.9 Å². The van der Waals surface area contributed by atoms with Gasteiger partial charge in [-0.2, -0.15) is 0 Å². The van der Waals surface area contributed by atoms with Crippen LogP contribution in [0.5, 0.6) is 0 Å². The van der Waals surface area contributed by atoms with E-state index in [0.29, 0.717) is 58.5 Å². The van der Waals surface area contributed by atoms with Crippen LogP contribution in [0.3, 0.4) is 0 Å². The fraction of sp³-hybridized carbons (Fsp3) is 0.892. The molecular formula is C37H68N2O8. The third-order valence-electron chi connectivity index (χ3n) is 9.05. The zero-order valence-electron chi connectivity index (χ0n) is 30.5. The summed E-state index contributed by atoms with van der Waals surface area (Å²) in [7, 11) is 3.82. The molecular weight excluding hydrogens is 600 g/mol. The first-order valence-corrected chi connectivity index (χ1v) is 18.6. The van der Waals surface area contributed by atoms with E-state index in [9.17, 15) is 24.3 Å². The minimum absolute atomic E-state index is 0.137. The number of ether oxygens (including phenoxy) is 3. The van der Waals surface area contributed by atoms with E-state index >= 15 is 0 Å². The SMILES string of the molecule is CCCCCCCCCCCOC(=O)CCCCCN1CC(OC(=O)CCN(C)C)C[C@H]1C(=O)OCCCCCCC(C)(C)C(=O)O. The molecule has 0 saturated carbocycles. The van der Waals surface area contributed by atoms with Crippen LogP contribution in [0.25, 0.3) is 0 Å². The molecule has 10 heteroatoms. The molecule has 1 N–H and O–H groups in total. The van der Waals surface area contributed by atoms with Crippen molar-refractivity contribution >= 4 is 23.9 Å². The molecule has 1 heterocycles. The Morgan fingerprint density at radius 3 is 1.94 bits per heavy atom. The van der Waals surface area contributed by atoms with Crippen LogP contribution in [-0.4, -0.2) is 97.9 Å². The van der Waals surface area contributed by atoms with Crippen molar-refractivity contribution in [2.45, 2.75) is 161 Å². The summed E-state index contributed by atoms with van der Waals surface area (Å²) >= 11 is 0. The molecule has 274 valence electrons. The van der Waals surface area contributed by atoms with Crippen LogP contribution in [0, 0.1) is 5.41 Å². The van der Waals surface area contributed by atoms with E-state index in [2.05, 4.69) is 11.8 Å². The number of hydrogen-bond acceptors (Lipinski definition) is 9. The predicted molar refractivity (Wildman–Crippen MR) is 185 cm³/mol. The number of unbranched alkanes of at least 4 members (excludes halogenated alkanes) is 13. The number of hydrogen-bond donors (Lipinski definition) is 1. The van der Waals surface area contributed by atoms with Gasteiger partial charge in [0.25, 0.3) is 0 Å². The van der Waals surface area contributed by atoms with Gasteiger partial charge in [-0.3, -0.25) is 24.1 Å². The van der Waals surface area contributed by atoms with Gasteiger partial charge in [0.15, 0.2) is 0 Å². The zero-order chi connectivity index (χ0) is 34.9. The molecule has 0 radical (unpaired) electrons. The van der Waals surface area contributed by atoms with Gasteiger partial charge in [0, 0.05) is 25.9 Å². The minimum atomic E-state index is -0.781. The quantitative estimate of drug-likeness (QED) is 0.0499. The second-order valence-electron chi connectivity index (χ2n) is 14.3. The molecule has 47 heavy (non-hydrogen) atoms. The molecule has 1 rings (SSSR count). The lowest BCUT2D eigenvalue weighted by molar-refractivity contribution is -0.151. The molecule has 1 aliphatic heterocycles. The lowest BCUT2D eigenvalue weighted by Crippen LogP contribution is -2.38. The van der Waals surface area contributed by atoms with Crippen LogP contribution in [0.15, 0.2) is 0 Å². The van der Waals surface area contributed by atoms with Gasteiger partial charge in [0.1, 0.15) is 12.1 Å². The number of esters is 3.